The quantitative estimate of drug-likeness (QED) is 0.131. The highest BCUT2D eigenvalue weighted by molar-refractivity contribution is 7.98. The van der Waals surface area contributed by atoms with E-state index in [1.54, 1.807) is 6.08 Å². The SMILES string of the molecule is C=S(=O)(c1ncn(C)n1)N(CC(F)(F)F)[C@H]1CCC2=Cc3c(nnn3-c3ccc(F)nc3)C[C@]2(C(=O)c2cc(F)ccn2)C1. The van der Waals surface area contributed by atoms with Crippen molar-refractivity contribution in [1.29, 1.82) is 0 Å². The Balaban J connectivity index is 1.46. The first-order chi connectivity index (χ1) is 20.8. The molecule has 0 bridgehead atoms. The lowest BCUT2D eigenvalue weighted by atomic mass is 9.61. The number of ketones is 1. The smallest absolute Gasteiger partial charge is 0.291 e. The molecule has 6 rings (SSSR count). The van der Waals surface area contributed by atoms with Crippen LogP contribution < -0.4 is 0 Å². The Morgan fingerprint density at radius 1 is 1.20 bits per heavy atom. The Kier molecular flexibility index (Phi) is 7.19. The highest BCUT2D eigenvalue weighted by atomic mass is 32.2. The predicted octanol–water partition coefficient (Wildman–Crippen LogP) is 3.38. The molecule has 2 aliphatic rings. The first-order valence-electron chi connectivity index (χ1n) is 13.3. The van der Waals surface area contributed by atoms with Crippen molar-refractivity contribution >= 4 is 27.4 Å². The molecule has 1 unspecified atom stereocenters. The maximum absolute atomic E-state index is 14.3. The minimum Gasteiger partial charge on any atom is -0.291 e. The normalized spacial score (nSPS) is 21.3. The number of nitrogens with zero attached hydrogens (tertiary/aromatic N) is 9. The number of Topliss-reactive ketones (excluding diaryl/α,β-unsaturated/α-hetero) is 1. The molecule has 0 N–H and O–H groups in total. The highest BCUT2D eigenvalue weighted by Gasteiger charge is 2.53. The molecule has 0 spiro atoms. The molecule has 0 saturated heterocycles. The third-order valence-electron chi connectivity index (χ3n) is 7.84. The fourth-order valence-corrected chi connectivity index (χ4v) is 7.57. The zero-order valence-corrected chi connectivity index (χ0v) is 23.9. The maximum Gasteiger partial charge on any atom is 0.402 e. The molecule has 0 radical (unpaired) electrons. The molecular weight excluding hydrogens is 609 g/mol. The number of hydrogen-bond acceptors (Lipinski definition) is 8. The van der Waals surface area contributed by atoms with Gasteiger partial charge in [-0.25, -0.2) is 27.6 Å². The van der Waals surface area contributed by atoms with Gasteiger partial charge >= 0.3 is 6.18 Å². The number of pyridine rings is 2. The van der Waals surface area contributed by atoms with E-state index in [1.807, 2.05) is 0 Å². The van der Waals surface area contributed by atoms with Crippen molar-refractivity contribution in [3.05, 3.63) is 77.4 Å². The molecule has 230 valence electrons. The number of aryl methyl sites for hydroxylation is 1. The third kappa shape index (κ3) is 5.29. The molecule has 3 atom stereocenters. The summed E-state index contributed by atoms with van der Waals surface area (Å²) in [6.07, 6.45) is 0.307. The van der Waals surface area contributed by atoms with Crippen molar-refractivity contribution in [2.75, 3.05) is 6.54 Å². The summed E-state index contributed by atoms with van der Waals surface area (Å²) in [6.45, 7) is -1.60. The van der Waals surface area contributed by atoms with Crippen molar-refractivity contribution in [3.8, 4) is 5.69 Å². The number of hydrogen-bond donors (Lipinski definition) is 0. The monoisotopic (exact) mass is 633 g/mol. The number of fused-ring (bicyclic) bond motifs is 2. The summed E-state index contributed by atoms with van der Waals surface area (Å²) < 4.78 is 87.0. The molecule has 4 aromatic rings. The Morgan fingerprint density at radius 2 is 2.00 bits per heavy atom. The Morgan fingerprint density at radius 3 is 2.66 bits per heavy atom. The molecule has 17 heteroatoms. The minimum atomic E-state index is -4.78. The molecule has 11 nitrogen and oxygen atoms in total. The Bertz CT molecular complexity index is 1890. The van der Waals surface area contributed by atoms with Gasteiger partial charge in [0.1, 0.15) is 24.4 Å². The van der Waals surface area contributed by atoms with E-state index in [4.69, 9.17) is 0 Å². The summed E-state index contributed by atoms with van der Waals surface area (Å²) in [5.41, 5.74) is -0.0166. The maximum atomic E-state index is 14.3. The van der Waals surface area contributed by atoms with Crippen molar-refractivity contribution in [2.45, 2.75) is 43.1 Å². The van der Waals surface area contributed by atoms with E-state index in [9.17, 15) is 31.0 Å². The molecule has 0 aromatic carbocycles. The summed E-state index contributed by atoms with van der Waals surface area (Å²) >= 11 is 0. The molecule has 4 aromatic heterocycles. The van der Waals surface area contributed by atoms with Gasteiger partial charge in [-0.15, -0.1) is 10.2 Å². The fourth-order valence-electron chi connectivity index (χ4n) is 5.88. The lowest BCUT2D eigenvalue weighted by molar-refractivity contribution is -0.140. The zero-order chi connectivity index (χ0) is 31.4. The number of halogens is 5. The second-order valence-corrected chi connectivity index (χ2v) is 12.8. The zero-order valence-electron chi connectivity index (χ0n) is 23.1. The first kappa shape index (κ1) is 29.7. The number of carbonyl (C=O) groups is 1. The fraction of sp³-hybridized carbons (Fsp3) is 0.333. The van der Waals surface area contributed by atoms with Crippen LogP contribution in [0.5, 0.6) is 0 Å². The van der Waals surface area contributed by atoms with Crippen molar-refractivity contribution in [3.63, 3.8) is 0 Å². The second kappa shape index (κ2) is 10.7. The van der Waals surface area contributed by atoms with E-state index in [2.05, 4.69) is 36.2 Å². The average molecular weight is 634 g/mol. The standard InChI is InChI=1S/C27H24F5N9O2S/c1-39-15-35-25(37-39)44(2,43)40(14-27(30,31)32)18-4-3-16-9-22-21(36-38-41(22)19-5-6-23(29)34-13-19)12-26(16,11-18)24(42)20-10-17(28)7-8-33-20/h5-10,13,15,18H,2-4,11-12,14H2,1H3/t18-,26+,44?/m0/s1. The van der Waals surface area contributed by atoms with E-state index in [1.165, 1.54) is 35.0 Å². The molecule has 1 saturated carbocycles. The van der Waals surface area contributed by atoms with Crippen LogP contribution in [-0.4, -0.2) is 78.7 Å². The van der Waals surface area contributed by atoms with E-state index in [-0.39, 0.29) is 36.5 Å². The van der Waals surface area contributed by atoms with Crippen molar-refractivity contribution in [1.82, 2.24) is 44.0 Å². The minimum absolute atomic E-state index is 0.0713. The van der Waals surface area contributed by atoms with Crippen LogP contribution in [0, 0.1) is 17.2 Å². The van der Waals surface area contributed by atoms with Gasteiger partial charge in [0, 0.05) is 31.8 Å². The van der Waals surface area contributed by atoms with Crippen LogP contribution in [0.3, 0.4) is 0 Å². The molecular formula is C27H24F5N9O2S. The summed E-state index contributed by atoms with van der Waals surface area (Å²) in [5, 5.41) is 12.0. The molecule has 0 amide bonds. The van der Waals surface area contributed by atoms with Crippen LogP contribution in [0.25, 0.3) is 11.8 Å². The van der Waals surface area contributed by atoms with Gasteiger partial charge in [0.25, 0.3) is 0 Å². The number of alkyl halides is 3. The van der Waals surface area contributed by atoms with Gasteiger partial charge in [-0.1, -0.05) is 10.8 Å². The van der Waals surface area contributed by atoms with Crippen molar-refractivity contribution < 1.29 is 31.0 Å². The summed E-state index contributed by atoms with van der Waals surface area (Å²) in [5.74, 6) is 1.59. The second-order valence-electron chi connectivity index (χ2n) is 10.7. The summed E-state index contributed by atoms with van der Waals surface area (Å²) in [4.78, 5) is 25.9. The van der Waals surface area contributed by atoms with Gasteiger partial charge < -0.3 is 0 Å². The number of aromatic nitrogens is 8. The topological polar surface area (TPSA) is 125 Å². The molecule has 44 heavy (non-hydrogen) atoms. The van der Waals surface area contributed by atoms with Crippen molar-refractivity contribution in [2.24, 2.45) is 12.5 Å². The van der Waals surface area contributed by atoms with Gasteiger partial charge in [0.15, 0.2) is 5.78 Å². The van der Waals surface area contributed by atoms with Crippen LogP contribution in [0.15, 0.2) is 53.7 Å². The van der Waals surface area contributed by atoms with E-state index in [0.717, 1.165) is 28.7 Å². The van der Waals surface area contributed by atoms with Gasteiger partial charge in [-0.05, 0) is 49.4 Å². The summed E-state index contributed by atoms with van der Waals surface area (Å²) in [6, 6.07) is 3.54. The van der Waals surface area contributed by atoms with E-state index in [0.29, 0.717) is 22.6 Å². The van der Waals surface area contributed by atoms with Crippen LogP contribution in [0.1, 0.15) is 41.1 Å². The van der Waals surface area contributed by atoms with E-state index < -0.39 is 51.4 Å². The number of allylic oxidation sites excluding steroid dienone is 1. The Labute approximate surface area is 247 Å². The van der Waals surface area contributed by atoms with Gasteiger partial charge in [0.05, 0.1) is 38.4 Å². The molecule has 1 fully saturated rings. The van der Waals surface area contributed by atoms with Gasteiger partial charge in [-0.2, -0.15) is 17.6 Å². The van der Waals surface area contributed by atoms with Gasteiger partial charge in [-0.3, -0.25) is 14.5 Å². The lowest BCUT2D eigenvalue weighted by Crippen LogP contribution is -2.53. The predicted molar refractivity (Wildman–Crippen MR) is 147 cm³/mol. The first-order valence-corrected chi connectivity index (χ1v) is 15.0. The number of rotatable bonds is 7. The lowest BCUT2D eigenvalue weighted by Gasteiger charge is -2.46. The largest absolute Gasteiger partial charge is 0.402 e. The van der Waals surface area contributed by atoms with E-state index >= 15 is 0 Å². The molecule has 0 aliphatic heterocycles. The van der Waals surface area contributed by atoms with Crippen LogP contribution in [-0.2, 0) is 23.2 Å². The van der Waals surface area contributed by atoms with Gasteiger partial charge in [0.2, 0.25) is 11.1 Å². The molecule has 2 aliphatic carbocycles. The molecule has 4 heterocycles. The highest BCUT2D eigenvalue weighted by Crippen LogP contribution is 2.51. The van der Waals surface area contributed by atoms with Crippen LogP contribution in [0.2, 0.25) is 0 Å². The average Bonchev–Trinajstić information content (AvgIpc) is 3.60. The Hall–Kier alpha value is -4.38. The van der Waals surface area contributed by atoms with Crippen LogP contribution >= 0.6 is 0 Å². The third-order valence-corrected chi connectivity index (χ3v) is 9.78. The van der Waals surface area contributed by atoms with Crippen LogP contribution in [0.4, 0.5) is 22.0 Å². The number of carbonyl (C=O) groups excluding carboxylic acids is 1. The summed E-state index contributed by atoms with van der Waals surface area (Å²) in [7, 11) is -2.40.